The van der Waals surface area contributed by atoms with Crippen molar-refractivity contribution < 1.29 is 35.4 Å². The van der Waals surface area contributed by atoms with Crippen LogP contribution < -0.4 is 0 Å². The molecule has 0 aliphatic heterocycles. The number of aliphatic hydroxyl groups is 6. The molecule has 8 heteroatoms. The molecule has 142 valence electrons. The summed E-state index contributed by atoms with van der Waals surface area (Å²) in [6, 6.07) is 0. The van der Waals surface area contributed by atoms with E-state index in [0.29, 0.717) is 12.3 Å². The van der Waals surface area contributed by atoms with Crippen molar-refractivity contribution in [3.05, 3.63) is 0 Å². The second-order valence-corrected chi connectivity index (χ2v) is 6.57. The first-order chi connectivity index (χ1) is 11.4. The molecule has 0 unspecified atom stereocenters. The number of carbonyl (C=O) groups is 1. The van der Waals surface area contributed by atoms with Gasteiger partial charge in [0.15, 0.2) is 0 Å². The highest BCUT2D eigenvalue weighted by atomic mass is 16.4. The van der Waals surface area contributed by atoms with Gasteiger partial charge >= 0.3 is 0 Å². The van der Waals surface area contributed by atoms with Crippen LogP contribution in [0.2, 0.25) is 0 Å². The molecule has 1 amide bonds. The molecule has 1 aliphatic rings. The normalized spacial score (nSPS) is 21.1. The molecule has 24 heavy (non-hydrogen) atoms. The molecular weight excluding hydrogens is 318 g/mol. The van der Waals surface area contributed by atoms with Gasteiger partial charge < -0.3 is 35.5 Å². The fourth-order valence-corrected chi connectivity index (χ4v) is 3.10. The van der Waals surface area contributed by atoms with Gasteiger partial charge in [-0.2, -0.15) is 0 Å². The lowest BCUT2D eigenvalue weighted by Gasteiger charge is -2.31. The molecule has 0 aromatic heterocycles. The van der Waals surface area contributed by atoms with Crippen molar-refractivity contribution in [3.63, 3.8) is 0 Å². The molecule has 0 aromatic rings. The van der Waals surface area contributed by atoms with E-state index in [1.54, 1.807) is 0 Å². The Balaban J connectivity index is 2.57. The van der Waals surface area contributed by atoms with Crippen LogP contribution in [0.15, 0.2) is 0 Å². The summed E-state index contributed by atoms with van der Waals surface area (Å²) in [5, 5.41) is 56.7. The van der Waals surface area contributed by atoms with Crippen molar-refractivity contribution in [2.45, 2.75) is 62.9 Å². The standard InChI is InChI=1S/C16H31NO7/c18-7-6-17(14(22)8-11-4-2-1-3-5-11)9-12(20)15(23)16(24)13(21)10-19/h11-13,15-16,18-21,23-24H,1-10H2/t12-,13+,15+,16+/m0/s1. The van der Waals surface area contributed by atoms with E-state index in [1.807, 2.05) is 0 Å². The third kappa shape index (κ3) is 6.62. The van der Waals surface area contributed by atoms with E-state index >= 15 is 0 Å². The van der Waals surface area contributed by atoms with Gasteiger partial charge in [0.05, 0.1) is 13.2 Å². The molecule has 0 bridgehead atoms. The van der Waals surface area contributed by atoms with Gasteiger partial charge in [-0.25, -0.2) is 0 Å². The maximum absolute atomic E-state index is 12.4. The third-order valence-electron chi connectivity index (χ3n) is 4.64. The van der Waals surface area contributed by atoms with E-state index in [0.717, 1.165) is 25.7 Å². The number of amides is 1. The summed E-state index contributed by atoms with van der Waals surface area (Å²) in [7, 11) is 0. The maximum Gasteiger partial charge on any atom is 0.223 e. The average Bonchev–Trinajstić information content (AvgIpc) is 2.59. The quantitative estimate of drug-likeness (QED) is 0.274. The summed E-state index contributed by atoms with van der Waals surface area (Å²) < 4.78 is 0. The van der Waals surface area contributed by atoms with Crippen LogP contribution in [-0.2, 0) is 4.79 Å². The minimum atomic E-state index is -1.73. The van der Waals surface area contributed by atoms with E-state index in [4.69, 9.17) is 10.2 Å². The van der Waals surface area contributed by atoms with Crippen LogP contribution in [0.5, 0.6) is 0 Å². The smallest absolute Gasteiger partial charge is 0.223 e. The van der Waals surface area contributed by atoms with Crippen molar-refractivity contribution in [3.8, 4) is 0 Å². The topological polar surface area (TPSA) is 142 Å². The van der Waals surface area contributed by atoms with Crippen LogP contribution in [0.3, 0.4) is 0 Å². The highest BCUT2D eigenvalue weighted by Gasteiger charge is 2.32. The van der Waals surface area contributed by atoms with Gasteiger partial charge in [-0.3, -0.25) is 4.79 Å². The van der Waals surface area contributed by atoms with E-state index < -0.39 is 31.0 Å². The minimum absolute atomic E-state index is 0.0218. The highest BCUT2D eigenvalue weighted by molar-refractivity contribution is 5.76. The monoisotopic (exact) mass is 349 g/mol. The van der Waals surface area contributed by atoms with Crippen LogP contribution in [0.1, 0.15) is 38.5 Å². The van der Waals surface area contributed by atoms with Crippen LogP contribution in [-0.4, -0.2) is 92.2 Å². The number of aliphatic hydroxyl groups excluding tert-OH is 6. The Hall–Kier alpha value is -0.770. The van der Waals surface area contributed by atoms with Gasteiger partial charge in [0.1, 0.15) is 24.4 Å². The van der Waals surface area contributed by atoms with Crippen molar-refractivity contribution in [1.82, 2.24) is 4.90 Å². The number of hydrogen-bond acceptors (Lipinski definition) is 7. The van der Waals surface area contributed by atoms with Crippen molar-refractivity contribution in [1.29, 1.82) is 0 Å². The van der Waals surface area contributed by atoms with Crippen molar-refractivity contribution >= 4 is 5.91 Å². The lowest BCUT2D eigenvalue weighted by atomic mass is 9.86. The number of carbonyl (C=O) groups excluding carboxylic acids is 1. The van der Waals surface area contributed by atoms with Gasteiger partial charge in [-0.15, -0.1) is 0 Å². The second kappa shape index (κ2) is 11.0. The third-order valence-corrected chi connectivity index (χ3v) is 4.64. The molecule has 1 fully saturated rings. The largest absolute Gasteiger partial charge is 0.395 e. The van der Waals surface area contributed by atoms with Crippen LogP contribution in [0, 0.1) is 5.92 Å². The molecule has 0 aromatic carbocycles. The van der Waals surface area contributed by atoms with Gasteiger partial charge in [0, 0.05) is 19.5 Å². The van der Waals surface area contributed by atoms with Crippen LogP contribution in [0.4, 0.5) is 0 Å². The van der Waals surface area contributed by atoms with Crippen LogP contribution in [0.25, 0.3) is 0 Å². The number of nitrogens with zero attached hydrogens (tertiary/aromatic N) is 1. The Morgan fingerprint density at radius 3 is 2.08 bits per heavy atom. The first-order valence-corrected chi connectivity index (χ1v) is 8.62. The van der Waals surface area contributed by atoms with Gasteiger partial charge in [0.25, 0.3) is 0 Å². The van der Waals surface area contributed by atoms with Gasteiger partial charge in [0.2, 0.25) is 5.91 Å². The van der Waals surface area contributed by atoms with Gasteiger partial charge in [-0.05, 0) is 18.8 Å². The molecule has 0 spiro atoms. The minimum Gasteiger partial charge on any atom is -0.395 e. The average molecular weight is 349 g/mol. The second-order valence-electron chi connectivity index (χ2n) is 6.57. The van der Waals surface area contributed by atoms with Crippen molar-refractivity contribution in [2.24, 2.45) is 5.92 Å². The zero-order chi connectivity index (χ0) is 18.1. The Labute approximate surface area is 142 Å². The molecule has 1 aliphatic carbocycles. The molecule has 1 saturated carbocycles. The fraction of sp³-hybridized carbons (Fsp3) is 0.938. The summed E-state index contributed by atoms with van der Waals surface area (Å²) in [6.45, 7) is -1.27. The van der Waals surface area contributed by atoms with E-state index in [1.165, 1.54) is 11.3 Å². The lowest BCUT2D eigenvalue weighted by Crippen LogP contribution is -2.51. The summed E-state index contributed by atoms with van der Waals surface area (Å²) in [5.74, 6) is 0.0932. The molecular formula is C16H31NO7. The Kier molecular flexibility index (Phi) is 9.72. The van der Waals surface area contributed by atoms with E-state index in [2.05, 4.69) is 0 Å². The summed E-state index contributed by atoms with van der Waals surface area (Å²) in [5.41, 5.74) is 0. The maximum atomic E-state index is 12.4. The predicted molar refractivity (Wildman–Crippen MR) is 86.0 cm³/mol. The zero-order valence-electron chi connectivity index (χ0n) is 14.0. The Bertz CT molecular complexity index is 362. The predicted octanol–water partition coefficient (Wildman–Crippen LogP) is -1.79. The summed E-state index contributed by atoms with van der Waals surface area (Å²) >= 11 is 0. The summed E-state index contributed by atoms with van der Waals surface area (Å²) in [6.07, 6.45) is -0.815. The summed E-state index contributed by atoms with van der Waals surface area (Å²) in [4.78, 5) is 13.7. The Morgan fingerprint density at radius 2 is 1.54 bits per heavy atom. The van der Waals surface area contributed by atoms with Crippen LogP contribution >= 0.6 is 0 Å². The van der Waals surface area contributed by atoms with Crippen molar-refractivity contribution in [2.75, 3.05) is 26.3 Å². The highest BCUT2D eigenvalue weighted by Crippen LogP contribution is 2.26. The molecule has 4 atom stereocenters. The van der Waals surface area contributed by atoms with Gasteiger partial charge in [-0.1, -0.05) is 19.3 Å². The number of rotatable bonds is 10. The molecule has 0 radical (unpaired) electrons. The molecule has 0 heterocycles. The zero-order valence-corrected chi connectivity index (χ0v) is 14.0. The first kappa shape index (κ1) is 21.3. The SMILES string of the molecule is O=C(CC1CCCCC1)N(CCO)C[C@H](O)[C@@H](O)[C@H](O)[C@H](O)CO. The van der Waals surface area contributed by atoms with E-state index in [-0.39, 0.29) is 25.6 Å². The lowest BCUT2D eigenvalue weighted by molar-refractivity contribution is -0.141. The van der Waals surface area contributed by atoms with E-state index in [9.17, 15) is 25.2 Å². The molecule has 6 N–H and O–H groups in total. The Morgan fingerprint density at radius 1 is 0.958 bits per heavy atom. The molecule has 1 rings (SSSR count). The molecule has 8 nitrogen and oxygen atoms in total. The fourth-order valence-electron chi connectivity index (χ4n) is 3.10. The first-order valence-electron chi connectivity index (χ1n) is 8.62. The number of hydrogen-bond donors (Lipinski definition) is 6. The molecule has 0 saturated heterocycles.